The summed E-state index contributed by atoms with van der Waals surface area (Å²) >= 11 is 0. The molecular formula is C8H17N3O4. The smallest absolute Gasteiger partial charge is 0.321 e. The van der Waals surface area contributed by atoms with Crippen LogP contribution in [0.15, 0.2) is 0 Å². The summed E-state index contributed by atoms with van der Waals surface area (Å²) < 4.78 is 0. The first kappa shape index (κ1) is 13.8. The van der Waals surface area contributed by atoms with E-state index >= 15 is 0 Å². The van der Waals surface area contributed by atoms with Crippen molar-refractivity contribution in [3.8, 4) is 0 Å². The monoisotopic (exact) mass is 219 g/mol. The van der Waals surface area contributed by atoms with Gasteiger partial charge in [-0.2, -0.15) is 0 Å². The topological polar surface area (TPSA) is 125 Å². The fourth-order valence-electron chi connectivity index (χ4n) is 0.842. The molecule has 7 heteroatoms. The second-order valence-corrected chi connectivity index (χ2v) is 3.04. The molecular weight excluding hydrogens is 202 g/mol. The van der Waals surface area contributed by atoms with Crippen molar-refractivity contribution in [2.24, 2.45) is 5.73 Å². The van der Waals surface area contributed by atoms with Gasteiger partial charge < -0.3 is 26.6 Å². The zero-order chi connectivity index (χ0) is 11.7. The molecule has 15 heavy (non-hydrogen) atoms. The van der Waals surface area contributed by atoms with E-state index in [9.17, 15) is 9.59 Å². The lowest BCUT2D eigenvalue weighted by Crippen LogP contribution is -2.42. The van der Waals surface area contributed by atoms with Gasteiger partial charge in [-0.05, 0) is 0 Å². The maximum absolute atomic E-state index is 10.3. The minimum Gasteiger partial charge on any atom is -0.481 e. The molecule has 0 radical (unpaired) electrons. The van der Waals surface area contributed by atoms with Crippen LogP contribution < -0.4 is 16.4 Å². The van der Waals surface area contributed by atoms with Gasteiger partial charge >= 0.3 is 11.9 Å². The number of nitrogens with two attached hydrogens (primary N) is 1. The molecule has 0 aliphatic carbocycles. The van der Waals surface area contributed by atoms with Gasteiger partial charge in [-0.3, -0.25) is 9.59 Å². The molecule has 0 saturated carbocycles. The van der Waals surface area contributed by atoms with Crippen molar-refractivity contribution < 1.29 is 19.8 Å². The zero-order valence-electron chi connectivity index (χ0n) is 8.40. The summed E-state index contributed by atoms with van der Waals surface area (Å²) in [7, 11) is 0. The Morgan fingerprint density at radius 3 is 2.27 bits per heavy atom. The Hall–Kier alpha value is -1.18. The lowest BCUT2D eigenvalue weighted by atomic mass is 10.3. The van der Waals surface area contributed by atoms with Crippen molar-refractivity contribution in [3.63, 3.8) is 0 Å². The molecule has 88 valence electrons. The summed E-state index contributed by atoms with van der Waals surface area (Å²) in [5.74, 6) is -1.88. The van der Waals surface area contributed by atoms with E-state index in [0.29, 0.717) is 19.6 Å². The van der Waals surface area contributed by atoms with Crippen molar-refractivity contribution >= 4 is 11.9 Å². The highest BCUT2D eigenvalue weighted by molar-refractivity contribution is 5.73. The van der Waals surface area contributed by atoms with E-state index in [1.807, 2.05) is 0 Å². The molecule has 0 saturated heterocycles. The maximum atomic E-state index is 10.3. The maximum Gasteiger partial charge on any atom is 0.321 e. The lowest BCUT2D eigenvalue weighted by molar-refractivity contribution is -0.138. The number of hydrogen-bond acceptors (Lipinski definition) is 5. The molecule has 0 spiro atoms. The number of rotatable bonds is 9. The average molecular weight is 219 g/mol. The Morgan fingerprint density at radius 1 is 1.13 bits per heavy atom. The first-order valence-electron chi connectivity index (χ1n) is 4.65. The van der Waals surface area contributed by atoms with Gasteiger partial charge in [-0.25, -0.2) is 0 Å². The van der Waals surface area contributed by atoms with Crippen molar-refractivity contribution in [2.45, 2.75) is 12.5 Å². The molecule has 0 heterocycles. The second-order valence-electron chi connectivity index (χ2n) is 3.04. The quantitative estimate of drug-likeness (QED) is 0.285. The number of carbonyl (C=O) groups is 2. The average Bonchev–Trinajstić information content (AvgIpc) is 2.15. The van der Waals surface area contributed by atoms with Crippen molar-refractivity contribution in [1.82, 2.24) is 10.6 Å². The number of nitrogens with one attached hydrogen (secondary N) is 2. The van der Waals surface area contributed by atoms with Crippen LogP contribution in [0.5, 0.6) is 0 Å². The van der Waals surface area contributed by atoms with Crippen molar-refractivity contribution in [3.05, 3.63) is 0 Å². The molecule has 0 fully saturated rings. The van der Waals surface area contributed by atoms with Gasteiger partial charge in [0, 0.05) is 26.2 Å². The van der Waals surface area contributed by atoms with Gasteiger partial charge in [0.05, 0.1) is 6.42 Å². The Bertz CT molecular complexity index is 210. The fraction of sp³-hybridized carbons (Fsp3) is 0.750. The van der Waals surface area contributed by atoms with E-state index in [4.69, 9.17) is 15.9 Å². The van der Waals surface area contributed by atoms with E-state index in [1.54, 1.807) is 0 Å². The minimum absolute atomic E-state index is 0.0780. The van der Waals surface area contributed by atoms with Crippen LogP contribution in [-0.2, 0) is 9.59 Å². The molecule has 0 aliphatic rings. The minimum atomic E-state index is -1.04. The second kappa shape index (κ2) is 8.16. The summed E-state index contributed by atoms with van der Waals surface area (Å²) in [6.45, 7) is 1.75. The molecule has 0 aromatic heterocycles. The Morgan fingerprint density at radius 2 is 1.73 bits per heavy atom. The molecule has 7 nitrogen and oxygen atoms in total. The van der Waals surface area contributed by atoms with Gasteiger partial charge in [0.25, 0.3) is 0 Å². The molecule has 0 aliphatic heterocycles. The van der Waals surface area contributed by atoms with E-state index in [-0.39, 0.29) is 13.0 Å². The van der Waals surface area contributed by atoms with Gasteiger partial charge in [-0.15, -0.1) is 0 Å². The number of carboxylic acids is 2. The Kier molecular flexibility index (Phi) is 7.51. The number of hydrogen-bond donors (Lipinski definition) is 5. The van der Waals surface area contributed by atoms with Crippen LogP contribution in [0.4, 0.5) is 0 Å². The number of carboxylic acid groups (broad SMARTS) is 2. The third-order valence-electron chi connectivity index (χ3n) is 1.68. The van der Waals surface area contributed by atoms with E-state index in [0.717, 1.165) is 0 Å². The molecule has 0 aromatic rings. The highest BCUT2D eigenvalue weighted by Gasteiger charge is 2.09. The summed E-state index contributed by atoms with van der Waals surface area (Å²) in [4.78, 5) is 20.4. The SMILES string of the molecule is NC(CNCCNCCC(=O)O)C(=O)O. The van der Waals surface area contributed by atoms with Crippen LogP contribution in [0.1, 0.15) is 6.42 Å². The van der Waals surface area contributed by atoms with Crippen molar-refractivity contribution in [1.29, 1.82) is 0 Å². The van der Waals surface area contributed by atoms with E-state index in [1.165, 1.54) is 0 Å². The standard InChI is InChI=1S/C8H17N3O4/c9-6(8(14)15)5-11-4-3-10-2-1-7(12)13/h6,10-11H,1-5,9H2,(H,12,13)(H,14,15). The van der Waals surface area contributed by atoms with E-state index in [2.05, 4.69) is 10.6 Å². The summed E-state index contributed by atoms with van der Waals surface area (Å²) in [5.41, 5.74) is 5.24. The predicted octanol–water partition coefficient (Wildman–Crippen LogP) is -1.95. The summed E-state index contributed by atoms with van der Waals surface area (Å²) in [5, 5.41) is 22.5. The number of aliphatic carboxylic acids is 2. The molecule has 0 rings (SSSR count). The molecule has 0 amide bonds. The fourth-order valence-corrected chi connectivity index (χ4v) is 0.842. The first-order chi connectivity index (χ1) is 7.04. The lowest BCUT2D eigenvalue weighted by Gasteiger charge is -2.08. The van der Waals surface area contributed by atoms with Crippen LogP contribution in [0.2, 0.25) is 0 Å². The van der Waals surface area contributed by atoms with Gasteiger partial charge in [0.1, 0.15) is 6.04 Å². The van der Waals surface area contributed by atoms with E-state index < -0.39 is 18.0 Å². The van der Waals surface area contributed by atoms with Crippen LogP contribution in [-0.4, -0.2) is 54.4 Å². The third kappa shape index (κ3) is 9.13. The normalized spacial score (nSPS) is 12.3. The molecule has 0 bridgehead atoms. The first-order valence-corrected chi connectivity index (χ1v) is 4.65. The highest BCUT2D eigenvalue weighted by Crippen LogP contribution is 1.76. The van der Waals surface area contributed by atoms with Crippen LogP contribution in [0, 0.1) is 0 Å². The summed E-state index contributed by atoms with van der Waals surface area (Å²) in [6, 6.07) is -0.899. The van der Waals surface area contributed by atoms with Gasteiger partial charge in [0.15, 0.2) is 0 Å². The van der Waals surface area contributed by atoms with Crippen LogP contribution in [0.3, 0.4) is 0 Å². The van der Waals surface area contributed by atoms with Crippen LogP contribution >= 0.6 is 0 Å². The van der Waals surface area contributed by atoms with Crippen LogP contribution in [0.25, 0.3) is 0 Å². The Labute approximate surface area is 87.6 Å². The zero-order valence-corrected chi connectivity index (χ0v) is 8.40. The molecule has 1 atom stereocenters. The molecule has 1 unspecified atom stereocenters. The highest BCUT2D eigenvalue weighted by atomic mass is 16.4. The summed E-state index contributed by atoms with van der Waals surface area (Å²) in [6.07, 6.45) is 0.0780. The predicted molar refractivity (Wildman–Crippen MR) is 53.6 cm³/mol. The van der Waals surface area contributed by atoms with Gasteiger partial charge in [-0.1, -0.05) is 0 Å². The van der Waals surface area contributed by atoms with Gasteiger partial charge in [0.2, 0.25) is 0 Å². The third-order valence-corrected chi connectivity index (χ3v) is 1.68. The largest absolute Gasteiger partial charge is 0.481 e. The Balaban J connectivity index is 3.18. The molecule has 0 aromatic carbocycles. The van der Waals surface area contributed by atoms with Crippen molar-refractivity contribution in [2.75, 3.05) is 26.2 Å². The molecule has 6 N–H and O–H groups in total.